The Hall–Kier alpha value is -9.85. The second-order valence-electron chi connectivity index (χ2n) is 31.8. The number of carbonyl (C=O) groups excluding carboxylic acids is 4. The number of imidazole rings is 4. The number of nitrogens with zero attached hydrogens (tertiary/aromatic N) is 16. The van der Waals surface area contributed by atoms with E-state index < -0.39 is 0 Å². The number of ether oxygens (including phenoxy) is 2. The first-order valence-electron chi connectivity index (χ1n) is 41.9. The van der Waals surface area contributed by atoms with E-state index in [4.69, 9.17) is 29.4 Å². The number of aromatic nitrogens is 12. The second-order valence-corrected chi connectivity index (χ2v) is 34.5. The van der Waals surface area contributed by atoms with Crippen LogP contribution in [0.1, 0.15) is 228 Å². The van der Waals surface area contributed by atoms with Crippen LogP contribution >= 0.6 is 43.6 Å². The maximum absolute atomic E-state index is 13.7. The van der Waals surface area contributed by atoms with E-state index in [0.29, 0.717) is 104 Å². The summed E-state index contributed by atoms with van der Waals surface area (Å²) in [5.41, 5.74) is 10.9. The Labute approximate surface area is 716 Å². The highest BCUT2D eigenvalue weighted by Crippen LogP contribution is 2.37. The number of halogens is 2. The lowest BCUT2D eigenvalue weighted by Gasteiger charge is -2.26. The van der Waals surface area contributed by atoms with Crippen LogP contribution in [0.15, 0.2) is 172 Å². The zero-order chi connectivity index (χ0) is 83.9. The van der Waals surface area contributed by atoms with Crippen molar-refractivity contribution in [3.8, 4) is 11.5 Å². The SMILES string of the molecule is CCCCN(Cc1nc2cccnc2n1C1CCCC1)C(=O)c1ccc(SC)cc1.CCCn1c(CN(CC(C)C)C(=O)c2ccc(C)c(Br)c2)nc2cccnc21.CCCn1c(CN(CC(C)C)C(=O)c2cccc(Br)c2)nc2cccnc21.COc1ccc(C(=O)N(CCC(C)C)Cc2nc3cccnc3n2C2CCCC2)c(OC)c1. The molecule has 25 heteroatoms. The molecule has 8 aromatic heterocycles. The highest BCUT2D eigenvalue weighted by molar-refractivity contribution is 9.10. The van der Waals surface area contributed by atoms with Gasteiger partial charge in [0.15, 0.2) is 22.6 Å². The van der Waals surface area contributed by atoms with E-state index in [0.717, 1.165) is 165 Å². The Morgan fingerprint density at radius 3 is 1.36 bits per heavy atom. The molecule has 0 radical (unpaired) electrons. The molecule has 8 heterocycles. The summed E-state index contributed by atoms with van der Waals surface area (Å²) in [6, 6.07) is 43.0. The van der Waals surface area contributed by atoms with Gasteiger partial charge < -0.3 is 47.3 Å². The number of aryl methyl sites for hydroxylation is 3. The molecule has 14 rings (SSSR count). The molecule has 624 valence electrons. The first kappa shape index (κ1) is 88.9. The predicted molar refractivity (Wildman–Crippen MR) is 479 cm³/mol. The first-order valence-corrected chi connectivity index (χ1v) is 44.7. The maximum atomic E-state index is 13.7. The summed E-state index contributed by atoms with van der Waals surface area (Å²) < 4.78 is 21.6. The van der Waals surface area contributed by atoms with Gasteiger partial charge in [0.1, 0.15) is 56.9 Å². The van der Waals surface area contributed by atoms with Gasteiger partial charge >= 0.3 is 0 Å². The second kappa shape index (κ2) is 43.2. The van der Waals surface area contributed by atoms with Gasteiger partial charge in [-0.05, 0) is 203 Å². The van der Waals surface area contributed by atoms with E-state index >= 15 is 0 Å². The zero-order valence-corrected chi connectivity index (χ0v) is 74.9. The smallest absolute Gasteiger partial charge is 0.258 e. The van der Waals surface area contributed by atoms with Gasteiger partial charge in [0.2, 0.25) is 0 Å². The predicted octanol–water partition coefficient (Wildman–Crippen LogP) is 21.1. The summed E-state index contributed by atoms with van der Waals surface area (Å²) in [4.78, 5) is 100. The number of hydrogen-bond acceptors (Lipinski definition) is 15. The molecule has 2 saturated carbocycles. The standard InChI is InChI=1S/C26H34N4O3.C24H30N4OS.C22H27BrN4O.C21H25BrN4O/c1-18(2)13-15-29(26(31)21-12-11-20(32-3)16-23(21)33-4)17-24-28-22-10-7-14-27-25(22)30(24)19-8-5-6-9-19;1-3-4-16-27(24(29)18-11-13-20(30-2)14-12-18)17-22-26-21-10-7-15-25-23(21)28(22)19-8-5-6-9-19;1-5-11-27-20(25-19-7-6-10-24-21(19)27)14-26(13-15(2)3)22(28)17-9-8-16(4)18(23)12-17;1-4-11-26-19(24-18-9-6-10-23-20(18)26)14-25(13-15(2)3)21(27)16-7-5-8-17(22)12-16/h7,10-12,14,16,18-19H,5-6,8-9,13,15,17H2,1-4H3;7,10-15,19H,3-6,8-9,16-17H2,1-2H3;6-10,12,15H,5,11,13-14H2,1-4H3;5-10,12,15H,4,11,13-14H2,1-3H3. The van der Waals surface area contributed by atoms with Crippen LogP contribution in [0.4, 0.5) is 0 Å². The summed E-state index contributed by atoms with van der Waals surface area (Å²) in [6.07, 6.45) is 23.7. The summed E-state index contributed by atoms with van der Waals surface area (Å²) in [5, 5.41) is 0. The fraction of sp³-hybridized carbons (Fsp3) is 0.441. The number of unbranched alkanes of at least 4 members (excludes halogenated alkanes) is 1. The molecular formula is C93H116Br2N16O6S. The molecule has 4 aromatic carbocycles. The molecule has 12 aromatic rings. The van der Waals surface area contributed by atoms with E-state index in [2.05, 4.69) is 132 Å². The van der Waals surface area contributed by atoms with Crippen molar-refractivity contribution in [3.05, 3.63) is 218 Å². The van der Waals surface area contributed by atoms with E-state index in [1.165, 1.54) is 30.6 Å². The van der Waals surface area contributed by atoms with Gasteiger partial charge in [-0.1, -0.05) is 138 Å². The van der Waals surface area contributed by atoms with E-state index in [9.17, 15) is 19.2 Å². The van der Waals surface area contributed by atoms with Crippen LogP contribution in [0, 0.1) is 24.7 Å². The number of hydrogen-bond donors (Lipinski definition) is 0. The van der Waals surface area contributed by atoms with Gasteiger partial charge in [0, 0.05) is 113 Å². The van der Waals surface area contributed by atoms with Crippen LogP contribution in [-0.2, 0) is 39.3 Å². The minimum Gasteiger partial charge on any atom is -0.497 e. The number of pyridine rings is 4. The number of carbonyl (C=O) groups is 4. The van der Waals surface area contributed by atoms with Crippen molar-refractivity contribution in [2.45, 2.75) is 209 Å². The van der Waals surface area contributed by atoms with Crippen molar-refractivity contribution in [1.29, 1.82) is 0 Å². The van der Waals surface area contributed by atoms with Gasteiger partial charge in [-0.2, -0.15) is 0 Å². The molecule has 4 amide bonds. The van der Waals surface area contributed by atoms with Crippen molar-refractivity contribution < 1.29 is 28.7 Å². The number of benzene rings is 4. The highest BCUT2D eigenvalue weighted by Gasteiger charge is 2.31. The van der Waals surface area contributed by atoms with Crippen LogP contribution in [0.3, 0.4) is 0 Å². The van der Waals surface area contributed by atoms with Crippen LogP contribution in [0.2, 0.25) is 0 Å². The molecule has 118 heavy (non-hydrogen) atoms. The average molecular weight is 1750 g/mol. The molecular weight excluding hydrogens is 1630 g/mol. The largest absolute Gasteiger partial charge is 0.497 e. The van der Waals surface area contributed by atoms with Gasteiger partial charge in [-0.3, -0.25) is 19.2 Å². The maximum Gasteiger partial charge on any atom is 0.258 e. The third-order valence-electron chi connectivity index (χ3n) is 21.4. The highest BCUT2D eigenvalue weighted by atomic mass is 79.9. The number of methoxy groups -OCH3 is 2. The van der Waals surface area contributed by atoms with Gasteiger partial charge in [-0.25, -0.2) is 39.9 Å². The van der Waals surface area contributed by atoms with Crippen molar-refractivity contribution in [3.63, 3.8) is 0 Å². The monoisotopic (exact) mass is 1740 g/mol. The minimum absolute atomic E-state index is 0.0214. The fourth-order valence-electron chi connectivity index (χ4n) is 15.5. The summed E-state index contributed by atoms with van der Waals surface area (Å²) in [5.74, 6) is 6.07. The Morgan fingerprint density at radius 2 is 0.924 bits per heavy atom. The molecule has 0 unspecified atom stereocenters. The third kappa shape index (κ3) is 22.7. The lowest BCUT2D eigenvalue weighted by Crippen LogP contribution is -2.34. The number of fused-ring (bicyclic) bond motifs is 4. The fourth-order valence-corrected chi connectivity index (χ4v) is 16.7. The molecule has 0 N–H and O–H groups in total. The summed E-state index contributed by atoms with van der Waals surface area (Å²) in [6.45, 7) is 27.6. The quantitative estimate of drug-likeness (QED) is 0.0369. The number of rotatable bonds is 31. The molecule has 0 aliphatic heterocycles. The van der Waals surface area contributed by atoms with Crippen LogP contribution < -0.4 is 9.47 Å². The molecule has 2 fully saturated rings. The van der Waals surface area contributed by atoms with Gasteiger partial charge in [-0.15, -0.1) is 11.8 Å². The zero-order valence-electron chi connectivity index (χ0n) is 70.9. The van der Waals surface area contributed by atoms with E-state index in [1.54, 1.807) is 56.6 Å². The average Bonchev–Trinajstić information content (AvgIpc) is 1.72. The van der Waals surface area contributed by atoms with Crippen molar-refractivity contribution in [2.24, 2.45) is 17.8 Å². The molecule has 0 bridgehead atoms. The van der Waals surface area contributed by atoms with Crippen LogP contribution in [-0.4, -0.2) is 148 Å². The first-order chi connectivity index (χ1) is 57.1. The lowest BCUT2D eigenvalue weighted by atomic mass is 10.1. The Bertz CT molecular complexity index is 5320. The number of thioether (sulfide) groups is 1. The number of amides is 4. The Morgan fingerprint density at radius 1 is 0.475 bits per heavy atom. The Balaban J connectivity index is 0.000000155. The summed E-state index contributed by atoms with van der Waals surface area (Å²) in [7, 11) is 3.18. The Kier molecular flexibility index (Phi) is 32.6. The minimum atomic E-state index is -0.0619. The van der Waals surface area contributed by atoms with E-state index in [1.807, 2.05) is 160 Å². The van der Waals surface area contributed by atoms with Crippen molar-refractivity contribution in [2.75, 3.05) is 46.7 Å². The lowest BCUT2D eigenvalue weighted by molar-refractivity contribution is 0.0709. The topological polar surface area (TPSA) is 223 Å². The molecule has 2 aliphatic rings. The molecule has 22 nitrogen and oxygen atoms in total. The molecule has 0 saturated heterocycles. The normalized spacial score (nSPS) is 12.9. The molecule has 0 spiro atoms. The third-order valence-corrected chi connectivity index (χ3v) is 23.4. The van der Waals surface area contributed by atoms with Crippen LogP contribution in [0.25, 0.3) is 44.7 Å². The molecule has 0 atom stereocenters. The van der Waals surface area contributed by atoms with Crippen molar-refractivity contribution >= 4 is 112 Å². The van der Waals surface area contributed by atoms with E-state index in [-0.39, 0.29) is 23.6 Å². The van der Waals surface area contributed by atoms with Gasteiger partial charge in [0.25, 0.3) is 23.6 Å². The summed E-state index contributed by atoms with van der Waals surface area (Å²) >= 11 is 8.69. The van der Waals surface area contributed by atoms with Crippen LogP contribution in [0.5, 0.6) is 11.5 Å². The van der Waals surface area contributed by atoms with Crippen molar-refractivity contribution in [1.82, 2.24) is 77.7 Å². The molecule has 2 aliphatic carbocycles. The van der Waals surface area contributed by atoms with Gasteiger partial charge in [0.05, 0.1) is 46.0 Å².